The van der Waals surface area contributed by atoms with Crippen LogP contribution in [-0.4, -0.2) is 11.6 Å². The first kappa shape index (κ1) is 12.9. The number of aliphatic imine (C=N–C) groups is 1. The first-order chi connectivity index (χ1) is 9.43. The molecule has 0 aliphatic carbocycles. The number of carbonyl (C=O) groups is 1. The van der Waals surface area contributed by atoms with Crippen LogP contribution in [0.25, 0.3) is 10.8 Å². The van der Waals surface area contributed by atoms with Crippen molar-refractivity contribution < 1.29 is 4.79 Å². The van der Waals surface area contributed by atoms with E-state index in [1.54, 1.807) is 0 Å². The summed E-state index contributed by atoms with van der Waals surface area (Å²) in [7, 11) is 0. The van der Waals surface area contributed by atoms with Gasteiger partial charge in [-0.15, -0.1) is 0 Å². The molecular weight excluding hydrogens is 248 g/mol. The summed E-state index contributed by atoms with van der Waals surface area (Å²) in [6, 6.07) is 12.2. The largest absolute Gasteiger partial charge is 0.324 e. The molecule has 1 amide bonds. The predicted molar refractivity (Wildman–Crippen MR) is 83.7 cm³/mol. The average molecular weight is 266 g/mol. The number of rotatable bonds is 0. The fourth-order valence-electron chi connectivity index (χ4n) is 2.39. The van der Waals surface area contributed by atoms with Crippen molar-refractivity contribution in [2.75, 3.05) is 5.32 Å². The smallest absolute Gasteiger partial charge is 0.230 e. The minimum absolute atomic E-state index is 0.00714. The van der Waals surface area contributed by atoms with Crippen LogP contribution >= 0.6 is 0 Å². The molecule has 0 aromatic heterocycles. The number of nitrogens with zero attached hydrogens (tertiary/aromatic N) is 1. The topological polar surface area (TPSA) is 41.5 Å². The molecule has 3 nitrogen and oxygen atoms in total. The van der Waals surface area contributed by atoms with Gasteiger partial charge in [0.2, 0.25) is 5.91 Å². The van der Waals surface area contributed by atoms with Crippen LogP contribution in [0, 0.1) is 5.41 Å². The van der Waals surface area contributed by atoms with E-state index in [2.05, 4.69) is 32.2 Å². The van der Waals surface area contributed by atoms with Gasteiger partial charge in [-0.1, -0.05) is 45.0 Å². The highest BCUT2D eigenvalue weighted by Crippen LogP contribution is 2.35. The summed E-state index contributed by atoms with van der Waals surface area (Å²) in [5.41, 5.74) is 2.46. The number of nitrogens with one attached hydrogen (secondary N) is 1. The highest BCUT2D eigenvalue weighted by molar-refractivity contribution is 6.13. The van der Waals surface area contributed by atoms with Gasteiger partial charge in [-0.05, 0) is 22.9 Å². The van der Waals surface area contributed by atoms with Crippen LogP contribution < -0.4 is 5.32 Å². The number of hydrogen-bond acceptors (Lipinski definition) is 2. The van der Waals surface area contributed by atoms with E-state index in [9.17, 15) is 4.79 Å². The van der Waals surface area contributed by atoms with Gasteiger partial charge in [-0.25, -0.2) is 0 Å². The van der Waals surface area contributed by atoms with E-state index in [0.717, 1.165) is 27.9 Å². The molecule has 2 aromatic carbocycles. The van der Waals surface area contributed by atoms with Crippen molar-refractivity contribution in [1.29, 1.82) is 0 Å². The molecule has 2 aromatic rings. The van der Waals surface area contributed by atoms with Crippen molar-refractivity contribution >= 4 is 33.8 Å². The normalized spacial score (nSPS) is 15.3. The molecule has 0 bridgehead atoms. The second-order valence-electron chi connectivity index (χ2n) is 6.25. The summed E-state index contributed by atoms with van der Waals surface area (Å²) in [6.07, 6.45) is 0.356. The van der Waals surface area contributed by atoms with E-state index in [1.807, 2.05) is 30.3 Å². The summed E-state index contributed by atoms with van der Waals surface area (Å²) in [4.78, 5) is 16.8. The lowest BCUT2D eigenvalue weighted by Gasteiger charge is -2.19. The summed E-state index contributed by atoms with van der Waals surface area (Å²) in [6.45, 7) is 6.27. The van der Waals surface area contributed by atoms with Crippen LogP contribution in [0.3, 0.4) is 0 Å². The first-order valence-corrected chi connectivity index (χ1v) is 6.84. The van der Waals surface area contributed by atoms with E-state index in [0.29, 0.717) is 6.42 Å². The van der Waals surface area contributed by atoms with Gasteiger partial charge in [0.25, 0.3) is 0 Å². The van der Waals surface area contributed by atoms with Gasteiger partial charge >= 0.3 is 0 Å². The number of benzene rings is 2. The van der Waals surface area contributed by atoms with Crippen molar-refractivity contribution in [2.24, 2.45) is 10.4 Å². The van der Waals surface area contributed by atoms with Gasteiger partial charge in [0.05, 0.1) is 17.8 Å². The highest BCUT2D eigenvalue weighted by atomic mass is 16.1. The highest BCUT2D eigenvalue weighted by Gasteiger charge is 2.25. The molecule has 0 radical (unpaired) electrons. The Bertz CT molecular complexity index is 723. The molecule has 1 aliphatic heterocycles. The molecule has 0 fully saturated rings. The van der Waals surface area contributed by atoms with E-state index in [4.69, 9.17) is 4.99 Å². The number of carbonyl (C=O) groups excluding carboxylic acids is 1. The minimum atomic E-state index is -0.107. The molecule has 3 heteroatoms. The monoisotopic (exact) mass is 266 g/mol. The summed E-state index contributed by atoms with van der Waals surface area (Å²) in [5.74, 6) is 0.00714. The maximum absolute atomic E-state index is 12.0. The second-order valence-corrected chi connectivity index (χ2v) is 6.25. The van der Waals surface area contributed by atoms with Gasteiger partial charge in [-0.2, -0.15) is 0 Å². The summed E-state index contributed by atoms with van der Waals surface area (Å²) < 4.78 is 0. The Labute approximate surface area is 118 Å². The number of fused-ring (bicyclic) bond motifs is 2. The van der Waals surface area contributed by atoms with Gasteiger partial charge < -0.3 is 5.32 Å². The Morgan fingerprint density at radius 1 is 1.10 bits per heavy atom. The van der Waals surface area contributed by atoms with Crippen LogP contribution in [0.2, 0.25) is 0 Å². The third kappa shape index (κ3) is 2.31. The molecule has 102 valence electrons. The first-order valence-electron chi connectivity index (χ1n) is 6.84. The third-order valence-corrected chi connectivity index (χ3v) is 3.59. The maximum atomic E-state index is 12.0. The Hall–Kier alpha value is -2.16. The van der Waals surface area contributed by atoms with Crippen molar-refractivity contribution in [3.05, 3.63) is 36.4 Å². The van der Waals surface area contributed by atoms with Gasteiger partial charge in [0, 0.05) is 11.1 Å². The Balaban J connectivity index is 2.22. The van der Waals surface area contributed by atoms with Crippen LogP contribution in [0.15, 0.2) is 41.4 Å². The average Bonchev–Trinajstić information content (AvgIpc) is 2.53. The lowest BCUT2D eigenvalue weighted by molar-refractivity contribution is -0.115. The quantitative estimate of drug-likeness (QED) is 0.758. The van der Waals surface area contributed by atoms with E-state index < -0.39 is 0 Å². The van der Waals surface area contributed by atoms with Crippen LogP contribution in [0.5, 0.6) is 0 Å². The number of amides is 1. The van der Waals surface area contributed by atoms with Crippen molar-refractivity contribution in [3.63, 3.8) is 0 Å². The Morgan fingerprint density at radius 3 is 2.40 bits per heavy atom. The molecule has 1 heterocycles. The van der Waals surface area contributed by atoms with Crippen LogP contribution in [-0.2, 0) is 4.79 Å². The lowest BCUT2D eigenvalue weighted by atomic mass is 9.88. The van der Waals surface area contributed by atoms with Gasteiger partial charge in [0.15, 0.2) is 0 Å². The standard InChI is InChI=1S/C17H18N2O/c1-17(2,3)15-10-16(20)19-14-9-12-7-5-4-6-11(12)8-13(14)18-15/h4-9H,10H2,1-3H3,(H,19,20). The molecule has 1 aliphatic rings. The third-order valence-electron chi connectivity index (χ3n) is 3.59. The Kier molecular flexibility index (Phi) is 2.85. The minimum Gasteiger partial charge on any atom is -0.324 e. The summed E-state index contributed by atoms with van der Waals surface area (Å²) in [5, 5.41) is 5.21. The molecule has 3 rings (SSSR count). The SMILES string of the molecule is CC(C)(C)C1=Nc2cc3ccccc3cc2NC(=O)C1. The molecular formula is C17H18N2O. The number of hydrogen-bond donors (Lipinski definition) is 1. The fourth-order valence-corrected chi connectivity index (χ4v) is 2.39. The van der Waals surface area contributed by atoms with E-state index >= 15 is 0 Å². The molecule has 20 heavy (non-hydrogen) atoms. The van der Waals surface area contributed by atoms with E-state index in [1.165, 1.54) is 0 Å². The van der Waals surface area contributed by atoms with Crippen molar-refractivity contribution in [1.82, 2.24) is 0 Å². The zero-order chi connectivity index (χ0) is 14.3. The van der Waals surface area contributed by atoms with Crippen molar-refractivity contribution in [3.8, 4) is 0 Å². The molecule has 0 saturated heterocycles. The fraction of sp³-hybridized carbons (Fsp3) is 0.294. The Morgan fingerprint density at radius 2 is 1.75 bits per heavy atom. The number of anilines is 1. The lowest BCUT2D eigenvalue weighted by Crippen LogP contribution is -2.24. The van der Waals surface area contributed by atoms with Gasteiger partial charge in [-0.3, -0.25) is 9.79 Å². The summed E-state index contributed by atoms with van der Waals surface area (Å²) >= 11 is 0. The van der Waals surface area contributed by atoms with Crippen LogP contribution in [0.4, 0.5) is 11.4 Å². The van der Waals surface area contributed by atoms with Crippen molar-refractivity contribution in [2.45, 2.75) is 27.2 Å². The zero-order valence-corrected chi connectivity index (χ0v) is 12.0. The van der Waals surface area contributed by atoms with E-state index in [-0.39, 0.29) is 11.3 Å². The second kappa shape index (κ2) is 4.44. The predicted octanol–water partition coefficient (Wildman–Crippen LogP) is 4.30. The zero-order valence-electron chi connectivity index (χ0n) is 12.0. The van der Waals surface area contributed by atoms with Gasteiger partial charge in [0.1, 0.15) is 0 Å². The molecule has 0 unspecified atom stereocenters. The molecule has 0 spiro atoms. The molecule has 0 saturated carbocycles. The molecule has 0 atom stereocenters. The van der Waals surface area contributed by atoms with Crippen LogP contribution in [0.1, 0.15) is 27.2 Å². The molecule has 1 N–H and O–H groups in total. The maximum Gasteiger partial charge on any atom is 0.230 e.